The second-order valence-corrected chi connectivity index (χ2v) is 6.98. The summed E-state index contributed by atoms with van der Waals surface area (Å²) in [4.78, 5) is 13.9. The van der Waals surface area contributed by atoms with Crippen molar-refractivity contribution < 1.29 is 23.0 Å². The van der Waals surface area contributed by atoms with Gasteiger partial charge in [0.25, 0.3) is 0 Å². The molecule has 0 bridgehead atoms. The van der Waals surface area contributed by atoms with E-state index in [1.807, 2.05) is 0 Å². The standard InChI is InChI=1S/C16H19F2N5O3S/c1-22(8-10-3-6-12(25-2)13(7-10)26-15(17)18)14(24)9-27-16-19-20-21-23(16)11-4-5-11/h3,6-7,11,15H,4-5,8-9H2,1-2H3. The van der Waals surface area contributed by atoms with Crippen LogP contribution in [0.3, 0.4) is 0 Å². The Morgan fingerprint density at radius 3 is 2.85 bits per heavy atom. The third-order valence-corrected chi connectivity index (χ3v) is 4.89. The van der Waals surface area contributed by atoms with Crippen molar-refractivity contribution in [2.24, 2.45) is 0 Å². The largest absolute Gasteiger partial charge is 0.493 e. The van der Waals surface area contributed by atoms with Crippen LogP contribution in [-0.4, -0.2) is 57.5 Å². The molecule has 0 unspecified atom stereocenters. The molecule has 1 fully saturated rings. The molecule has 1 aromatic carbocycles. The molecule has 1 heterocycles. The van der Waals surface area contributed by atoms with Crippen LogP contribution >= 0.6 is 11.8 Å². The zero-order valence-electron chi connectivity index (χ0n) is 14.8. The normalized spacial score (nSPS) is 13.7. The van der Waals surface area contributed by atoms with E-state index in [0.29, 0.717) is 16.8 Å². The number of methoxy groups -OCH3 is 1. The van der Waals surface area contributed by atoms with E-state index in [2.05, 4.69) is 20.3 Å². The minimum atomic E-state index is -2.96. The Hall–Kier alpha value is -2.43. The Bertz CT molecular complexity index is 800. The summed E-state index contributed by atoms with van der Waals surface area (Å²) in [6.07, 6.45) is 2.10. The lowest BCUT2D eigenvalue weighted by atomic mass is 10.2. The van der Waals surface area contributed by atoms with Gasteiger partial charge in [0, 0.05) is 13.6 Å². The van der Waals surface area contributed by atoms with Gasteiger partial charge in [-0.25, -0.2) is 4.68 Å². The number of ether oxygens (including phenoxy) is 2. The molecule has 0 radical (unpaired) electrons. The van der Waals surface area contributed by atoms with Crippen LogP contribution in [0.1, 0.15) is 24.4 Å². The van der Waals surface area contributed by atoms with Gasteiger partial charge in [-0.1, -0.05) is 17.8 Å². The molecule has 2 aromatic rings. The molecule has 146 valence electrons. The first-order valence-corrected chi connectivity index (χ1v) is 9.23. The quantitative estimate of drug-likeness (QED) is 0.599. The lowest BCUT2D eigenvalue weighted by molar-refractivity contribution is -0.127. The SMILES string of the molecule is COc1ccc(CN(C)C(=O)CSc2nnnn2C2CC2)cc1OC(F)F. The Labute approximate surface area is 158 Å². The second-order valence-electron chi connectivity index (χ2n) is 6.04. The van der Waals surface area contributed by atoms with Crippen molar-refractivity contribution in [2.45, 2.75) is 37.2 Å². The number of amides is 1. The Morgan fingerprint density at radius 1 is 1.41 bits per heavy atom. The van der Waals surface area contributed by atoms with Gasteiger partial charge in [-0.2, -0.15) is 8.78 Å². The Balaban J connectivity index is 1.58. The number of aromatic nitrogens is 4. The first kappa shape index (κ1) is 19.3. The van der Waals surface area contributed by atoms with E-state index < -0.39 is 6.61 Å². The van der Waals surface area contributed by atoms with Crippen LogP contribution < -0.4 is 9.47 Å². The highest BCUT2D eigenvalue weighted by Gasteiger charge is 2.28. The molecule has 0 spiro atoms. The summed E-state index contributed by atoms with van der Waals surface area (Å²) in [5, 5.41) is 12.2. The van der Waals surface area contributed by atoms with Crippen LogP contribution in [-0.2, 0) is 11.3 Å². The number of halogens is 2. The van der Waals surface area contributed by atoms with Gasteiger partial charge >= 0.3 is 6.61 Å². The highest BCUT2D eigenvalue weighted by molar-refractivity contribution is 7.99. The number of tetrazole rings is 1. The lowest BCUT2D eigenvalue weighted by Crippen LogP contribution is -2.28. The zero-order valence-corrected chi connectivity index (χ0v) is 15.7. The first-order chi connectivity index (χ1) is 13.0. The van der Waals surface area contributed by atoms with Gasteiger partial charge in [-0.15, -0.1) is 5.10 Å². The molecular formula is C16H19F2N5O3S. The summed E-state index contributed by atoms with van der Waals surface area (Å²) in [5.74, 6) is 0.192. The van der Waals surface area contributed by atoms with Gasteiger partial charge in [-0.3, -0.25) is 4.79 Å². The molecule has 1 saturated carbocycles. The van der Waals surface area contributed by atoms with Crippen LogP contribution in [0.4, 0.5) is 8.78 Å². The van der Waals surface area contributed by atoms with Gasteiger partial charge < -0.3 is 14.4 Å². The van der Waals surface area contributed by atoms with E-state index in [4.69, 9.17) is 4.74 Å². The average molecular weight is 399 g/mol. The fourth-order valence-corrected chi connectivity index (χ4v) is 3.32. The third kappa shape index (κ3) is 5.06. The Morgan fingerprint density at radius 2 is 2.19 bits per heavy atom. The van der Waals surface area contributed by atoms with Crippen LogP contribution in [0.15, 0.2) is 23.4 Å². The minimum absolute atomic E-state index is 0.0659. The van der Waals surface area contributed by atoms with Gasteiger partial charge in [0.15, 0.2) is 11.5 Å². The molecule has 0 N–H and O–H groups in total. The van der Waals surface area contributed by atoms with Gasteiger partial charge in [0.05, 0.1) is 18.9 Å². The summed E-state index contributed by atoms with van der Waals surface area (Å²) in [6.45, 7) is -2.71. The molecule has 8 nitrogen and oxygen atoms in total. The monoisotopic (exact) mass is 399 g/mol. The molecule has 11 heteroatoms. The number of thioether (sulfide) groups is 1. The van der Waals surface area contributed by atoms with E-state index >= 15 is 0 Å². The average Bonchev–Trinajstić information content (AvgIpc) is 3.37. The molecular weight excluding hydrogens is 380 g/mol. The van der Waals surface area contributed by atoms with Crippen molar-refractivity contribution >= 4 is 17.7 Å². The summed E-state index contributed by atoms with van der Waals surface area (Å²) in [7, 11) is 3.01. The van der Waals surface area contributed by atoms with E-state index in [-0.39, 0.29) is 29.7 Å². The minimum Gasteiger partial charge on any atom is -0.493 e. The van der Waals surface area contributed by atoms with Crippen molar-refractivity contribution in [3.05, 3.63) is 23.8 Å². The number of hydrogen-bond acceptors (Lipinski definition) is 7. The van der Waals surface area contributed by atoms with Crippen molar-refractivity contribution in [1.29, 1.82) is 0 Å². The number of nitrogens with zero attached hydrogens (tertiary/aromatic N) is 5. The van der Waals surface area contributed by atoms with Crippen LogP contribution in [0.5, 0.6) is 11.5 Å². The molecule has 1 aromatic heterocycles. The highest BCUT2D eigenvalue weighted by atomic mass is 32.2. The van der Waals surface area contributed by atoms with Gasteiger partial charge in [0.2, 0.25) is 11.1 Å². The highest BCUT2D eigenvalue weighted by Crippen LogP contribution is 2.36. The zero-order chi connectivity index (χ0) is 19.4. The molecule has 1 amide bonds. The Kier molecular flexibility index (Phi) is 6.09. The van der Waals surface area contributed by atoms with Crippen LogP contribution in [0.25, 0.3) is 0 Å². The van der Waals surface area contributed by atoms with Crippen molar-refractivity contribution in [1.82, 2.24) is 25.1 Å². The molecule has 1 aliphatic carbocycles. The van der Waals surface area contributed by atoms with E-state index in [0.717, 1.165) is 12.8 Å². The van der Waals surface area contributed by atoms with Crippen molar-refractivity contribution in [3.8, 4) is 11.5 Å². The predicted molar refractivity (Wildman–Crippen MR) is 92.9 cm³/mol. The number of carbonyl (C=O) groups excluding carboxylic acids is 1. The maximum absolute atomic E-state index is 12.5. The van der Waals surface area contributed by atoms with Crippen molar-refractivity contribution in [2.75, 3.05) is 19.9 Å². The molecule has 1 aliphatic rings. The molecule has 27 heavy (non-hydrogen) atoms. The maximum atomic E-state index is 12.5. The fourth-order valence-electron chi connectivity index (χ4n) is 2.43. The molecule has 3 rings (SSSR count). The van der Waals surface area contributed by atoms with E-state index in [9.17, 15) is 13.6 Å². The first-order valence-electron chi connectivity index (χ1n) is 8.24. The lowest BCUT2D eigenvalue weighted by Gasteiger charge is -2.18. The smallest absolute Gasteiger partial charge is 0.387 e. The molecule has 0 atom stereocenters. The topological polar surface area (TPSA) is 82.4 Å². The predicted octanol–water partition coefficient (Wildman–Crippen LogP) is 2.37. The summed E-state index contributed by atoms with van der Waals surface area (Å²) in [6, 6.07) is 5.00. The fraction of sp³-hybridized carbons (Fsp3) is 0.500. The molecule has 0 aliphatic heterocycles. The van der Waals surface area contributed by atoms with Gasteiger partial charge in [0.1, 0.15) is 0 Å². The van der Waals surface area contributed by atoms with Gasteiger partial charge in [-0.05, 0) is 41.0 Å². The summed E-state index contributed by atoms with van der Waals surface area (Å²) >= 11 is 1.28. The van der Waals surface area contributed by atoms with E-state index in [1.165, 1.54) is 35.9 Å². The van der Waals surface area contributed by atoms with E-state index in [1.54, 1.807) is 17.8 Å². The number of hydrogen-bond donors (Lipinski definition) is 0. The third-order valence-electron chi connectivity index (χ3n) is 3.97. The summed E-state index contributed by atoms with van der Waals surface area (Å²) < 4.78 is 36.3. The van der Waals surface area contributed by atoms with Crippen LogP contribution in [0, 0.1) is 0 Å². The number of benzene rings is 1. The van der Waals surface area contributed by atoms with Crippen molar-refractivity contribution in [3.63, 3.8) is 0 Å². The van der Waals surface area contributed by atoms with Crippen LogP contribution in [0.2, 0.25) is 0 Å². The maximum Gasteiger partial charge on any atom is 0.387 e. The molecule has 0 saturated heterocycles. The second kappa shape index (κ2) is 8.51. The number of rotatable bonds is 9. The summed E-state index contributed by atoms with van der Waals surface area (Å²) in [5.41, 5.74) is 0.648. The number of alkyl halides is 2. The number of carbonyl (C=O) groups is 1.